The van der Waals surface area contributed by atoms with E-state index >= 15 is 0 Å². The van der Waals surface area contributed by atoms with Gasteiger partial charge in [0.15, 0.2) is 0 Å². The van der Waals surface area contributed by atoms with Crippen molar-refractivity contribution in [2.24, 2.45) is 56.7 Å². The van der Waals surface area contributed by atoms with Gasteiger partial charge < -0.3 is 10.2 Å². The van der Waals surface area contributed by atoms with Gasteiger partial charge in [0.1, 0.15) is 0 Å². The molecule has 5 aliphatic rings. The van der Waals surface area contributed by atoms with Crippen LogP contribution in [0.15, 0.2) is 11.6 Å². The summed E-state index contributed by atoms with van der Waals surface area (Å²) >= 11 is 0. The fraction of sp³-hybridized carbons (Fsp3) is 0.933. The third-order valence-corrected chi connectivity index (χ3v) is 13.2. The van der Waals surface area contributed by atoms with E-state index in [4.69, 9.17) is 0 Å². The number of allylic oxidation sites excluding steroid dienone is 2. The fourth-order valence-electron chi connectivity index (χ4n) is 11.4. The normalized spacial score (nSPS) is 56.7. The summed E-state index contributed by atoms with van der Waals surface area (Å²) in [4.78, 5) is 0. The molecule has 5 aliphatic carbocycles. The number of rotatable bonds is 1. The maximum absolute atomic E-state index is 10.9. The minimum Gasteiger partial charge on any atom is -0.390 e. The summed E-state index contributed by atoms with van der Waals surface area (Å²) in [5.41, 5.74) is 2.77. The number of hydrogen-bond acceptors (Lipinski definition) is 2. The van der Waals surface area contributed by atoms with E-state index < -0.39 is 12.2 Å². The highest BCUT2D eigenvalue weighted by molar-refractivity contribution is 5.34. The molecule has 0 aromatic rings. The molecule has 0 heterocycles. The van der Waals surface area contributed by atoms with E-state index in [0.717, 1.165) is 30.6 Å². The first-order chi connectivity index (χ1) is 14.7. The van der Waals surface area contributed by atoms with Crippen molar-refractivity contribution in [2.45, 2.75) is 119 Å². The van der Waals surface area contributed by atoms with E-state index in [1.165, 1.54) is 38.5 Å². The molecule has 10 atom stereocenters. The van der Waals surface area contributed by atoms with Gasteiger partial charge in [0.05, 0.1) is 12.2 Å². The quantitative estimate of drug-likeness (QED) is 0.429. The highest BCUT2D eigenvalue weighted by Gasteiger charge is 2.68. The zero-order valence-corrected chi connectivity index (χ0v) is 22.2. The third-order valence-electron chi connectivity index (χ3n) is 13.2. The highest BCUT2D eigenvalue weighted by atomic mass is 16.3. The van der Waals surface area contributed by atoms with E-state index in [9.17, 15) is 10.2 Å². The summed E-state index contributed by atoms with van der Waals surface area (Å²) in [5.74, 6) is 3.52. The molecule has 2 nitrogen and oxygen atoms in total. The Labute approximate surface area is 197 Å². The predicted molar refractivity (Wildman–Crippen MR) is 132 cm³/mol. The van der Waals surface area contributed by atoms with Crippen molar-refractivity contribution in [2.75, 3.05) is 0 Å². The van der Waals surface area contributed by atoms with Crippen LogP contribution in [0.2, 0.25) is 0 Å². The predicted octanol–water partition coefficient (Wildman–Crippen LogP) is 7.00. The minimum absolute atomic E-state index is 0.0907. The van der Waals surface area contributed by atoms with Gasteiger partial charge in [0.2, 0.25) is 0 Å². The topological polar surface area (TPSA) is 40.5 Å². The fourth-order valence-corrected chi connectivity index (χ4v) is 11.4. The Kier molecular flexibility index (Phi) is 5.02. The third kappa shape index (κ3) is 2.61. The van der Waals surface area contributed by atoms with Crippen LogP contribution in [-0.4, -0.2) is 22.4 Å². The van der Waals surface area contributed by atoms with E-state index in [0.29, 0.717) is 22.7 Å². The Morgan fingerprint density at radius 3 is 2.19 bits per heavy atom. The number of aliphatic hydroxyl groups is 2. The van der Waals surface area contributed by atoms with Crippen molar-refractivity contribution in [3.05, 3.63) is 11.6 Å². The van der Waals surface area contributed by atoms with E-state index in [-0.39, 0.29) is 16.2 Å². The Bertz CT molecular complexity index is 812. The summed E-state index contributed by atoms with van der Waals surface area (Å²) in [6.07, 6.45) is 11.4. The van der Waals surface area contributed by atoms with Gasteiger partial charge in [-0.1, -0.05) is 67.0 Å². The lowest BCUT2D eigenvalue weighted by atomic mass is 9.35. The molecule has 0 bridgehead atoms. The first-order valence-corrected chi connectivity index (χ1v) is 13.8. The molecule has 0 aromatic heterocycles. The van der Waals surface area contributed by atoms with Gasteiger partial charge >= 0.3 is 0 Å². The van der Waals surface area contributed by atoms with Gasteiger partial charge in [-0.25, -0.2) is 0 Å². The van der Waals surface area contributed by atoms with E-state index in [1.54, 1.807) is 5.57 Å². The Hall–Kier alpha value is -0.340. The molecule has 2 heteroatoms. The zero-order chi connectivity index (χ0) is 23.5. The smallest absolute Gasteiger partial charge is 0.0853 e. The first kappa shape index (κ1) is 23.4. The second-order valence-corrected chi connectivity index (χ2v) is 14.8. The van der Waals surface area contributed by atoms with Crippen molar-refractivity contribution < 1.29 is 10.2 Å². The average Bonchev–Trinajstić information content (AvgIpc) is 3.06. The first-order valence-electron chi connectivity index (χ1n) is 13.8. The molecule has 0 amide bonds. The molecule has 0 aliphatic heterocycles. The minimum atomic E-state index is -0.609. The van der Waals surface area contributed by atoms with E-state index in [2.05, 4.69) is 61.5 Å². The lowest BCUT2D eigenvalue weighted by Crippen LogP contribution is -2.64. The van der Waals surface area contributed by atoms with Crippen molar-refractivity contribution >= 4 is 0 Å². The van der Waals surface area contributed by atoms with E-state index in [1.807, 2.05) is 0 Å². The van der Waals surface area contributed by atoms with Crippen LogP contribution in [0, 0.1) is 56.7 Å². The number of fused-ring (bicyclic) bond motifs is 7. The lowest BCUT2D eigenvalue weighted by molar-refractivity contribution is -0.192. The maximum Gasteiger partial charge on any atom is 0.0853 e. The number of aliphatic hydroxyl groups excluding tert-OH is 2. The molecule has 32 heavy (non-hydrogen) atoms. The lowest BCUT2D eigenvalue weighted by Gasteiger charge is -2.69. The molecule has 4 saturated carbocycles. The second kappa shape index (κ2) is 6.87. The Balaban J connectivity index is 1.56. The van der Waals surface area contributed by atoms with Crippen LogP contribution < -0.4 is 0 Å². The molecule has 0 unspecified atom stereocenters. The van der Waals surface area contributed by atoms with Crippen molar-refractivity contribution in [3.63, 3.8) is 0 Å². The maximum atomic E-state index is 10.9. The van der Waals surface area contributed by atoms with Crippen LogP contribution in [0.5, 0.6) is 0 Å². The summed E-state index contributed by atoms with van der Waals surface area (Å²) in [7, 11) is 0. The van der Waals surface area contributed by atoms with Gasteiger partial charge in [0, 0.05) is 0 Å². The van der Waals surface area contributed by atoms with Crippen LogP contribution in [0.4, 0.5) is 0 Å². The zero-order valence-electron chi connectivity index (χ0n) is 22.2. The molecule has 2 N–H and O–H groups in total. The molecule has 4 fully saturated rings. The summed E-state index contributed by atoms with van der Waals surface area (Å²) in [6.45, 7) is 19.7. The molecule has 0 radical (unpaired) electrons. The Morgan fingerprint density at radius 2 is 1.53 bits per heavy atom. The van der Waals surface area contributed by atoms with Gasteiger partial charge in [-0.3, -0.25) is 0 Å². The van der Waals surface area contributed by atoms with Crippen LogP contribution in [0.3, 0.4) is 0 Å². The van der Waals surface area contributed by atoms with Gasteiger partial charge in [0.25, 0.3) is 0 Å². The highest BCUT2D eigenvalue weighted by Crippen LogP contribution is 2.76. The molecule has 0 aromatic carbocycles. The van der Waals surface area contributed by atoms with Gasteiger partial charge in [-0.2, -0.15) is 0 Å². The molecular formula is C30H50O2. The van der Waals surface area contributed by atoms with Crippen LogP contribution >= 0.6 is 0 Å². The Morgan fingerprint density at radius 1 is 0.844 bits per heavy atom. The van der Waals surface area contributed by atoms with Crippen molar-refractivity contribution in [3.8, 4) is 0 Å². The summed E-state index contributed by atoms with van der Waals surface area (Å²) < 4.78 is 0. The molecule has 0 saturated heterocycles. The molecule has 5 rings (SSSR count). The van der Waals surface area contributed by atoms with Gasteiger partial charge in [-0.05, 0) is 108 Å². The summed E-state index contributed by atoms with van der Waals surface area (Å²) in [5, 5.41) is 21.8. The van der Waals surface area contributed by atoms with Crippen LogP contribution in [0.25, 0.3) is 0 Å². The average molecular weight is 443 g/mol. The summed E-state index contributed by atoms with van der Waals surface area (Å²) in [6, 6.07) is 0. The van der Waals surface area contributed by atoms with Crippen LogP contribution in [-0.2, 0) is 0 Å². The SMILES string of the molecule is CC(C)[C@H]1CC[C@H]2[C@]1(C)CC[C@]1(C)C3=CC[C@H]4C(C)(C)[C@@H](O)[C@H](O)C[C@]4(C)[C@H]3CC[C@]21C. The largest absolute Gasteiger partial charge is 0.390 e. The van der Waals surface area contributed by atoms with Crippen molar-refractivity contribution in [1.82, 2.24) is 0 Å². The standard InChI is InChI=1S/C30H50O2/c1-18(2)19-9-12-24-27(19,5)15-16-29(7)21-10-11-23-26(3,4)25(32)22(31)17-28(23,6)20(21)13-14-30(24,29)8/h10,18-20,22-25,31-32H,9,11-17H2,1-8H3/t19-,20+,22-,23+,24+,25+,27-,28-,29-,30-/m1/s1. The monoisotopic (exact) mass is 442 g/mol. The molecule has 0 spiro atoms. The van der Waals surface area contributed by atoms with Gasteiger partial charge in [-0.15, -0.1) is 0 Å². The number of hydrogen-bond donors (Lipinski definition) is 2. The van der Waals surface area contributed by atoms with Crippen LogP contribution in [0.1, 0.15) is 107 Å². The molecular weight excluding hydrogens is 392 g/mol. The molecule has 182 valence electrons. The second-order valence-electron chi connectivity index (χ2n) is 14.8. The van der Waals surface area contributed by atoms with Crippen molar-refractivity contribution in [1.29, 1.82) is 0 Å².